The first-order chi connectivity index (χ1) is 9.19. The van der Waals surface area contributed by atoms with Crippen LogP contribution >= 0.6 is 0 Å². The fraction of sp³-hybridized carbons (Fsp3) is 0.647. The van der Waals surface area contributed by atoms with Gasteiger partial charge in [0.1, 0.15) is 0 Å². The molecule has 19 heavy (non-hydrogen) atoms. The Bertz CT molecular complexity index is 385. The van der Waals surface area contributed by atoms with E-state index in [1.807, 2.05) is 0 Å². The Morgan fingerprint density at radius 2 is 2.05 bits per heavy atom. The molecule has 2 rings (SSSR count). The van der Waals surface area contributed by atoms with Gasteiger partial charge in [0.25, 0.3) is 0 Å². The molecule has 0 aromatic heterocycles. The van der Waals surface area contributed by atoms with Gasteiger partial charge in [-0.2, -0.15) is 0 Å². The van der Waals surface area contributed by atoms with Crippen molar-refractivity contribution in [2.24, 2.45) is 0 Å². The van der Waals surface area contributed by atoms with Gasteiger partial charge < -0.3 is 5.32 Å². The zero-order valence-corrected chi connectivity index (χ0v) is 12.7. The first kappa shape index (κ1) is 14.5. The van der Waals surface area contributed by atoms with E-state index in [1.165, 1.54) is 36.8 Å². The Labute approximate surface area is 118 Å². The second-order valence-corrected chi connectivity index (χ2v) is 6.03. The molecule has 0 spiro atoms. The summed E-state index contributed by atoms with van der Waals surface area (Å²) in [5, 5.41) is 3.58. The van der Waals surface area contributed by atoms with E-state index in [1.54, 1.807) is 0 Å². The van der Waals surface area contributed by atoms with Crippen LogP contribution in [0.15, 0.2) is 24.3 Å². The summed E-state index contributed by atoms with van der Waals surface area (Å²) in [4.78, 5) is 2.46. The van der Waals surface area contributed by atoms with Crippen LogP contribution in [-0.4, -0.2) is 24.0 Å². The summed E-state index contributed by atoms with van der Waals surface area (Å²) in [5.74, 6) is 0. The lowest BCUT2D eigenvalue weighted by atomic mass is 10.1. The third-order valence-corrected chi connectivity index (χ3v) is 4.05. The average molecular weight is 260 g/mol. The van der Waals surface area contributed by atoms with Gasteiger partial charge in [-0.15, -0.1) is 0 Å². The van der Waals surface area contributed by atoms with Crippen molar-refractivity contribution < 1.29 is 0 Å². The van der Waals surface area contributed by atoms with Crippen molar-refractivity contribution in [3.63, 3.8) is 0 Å². The molecular weight excluding hydrogens is 232 g/mol. The van der Waals surface area contributed by atoms with Crippen LogP contribution in [0, 0.1) is 0 Å². The third-order valence-electron chi connectivity index (χ3n) is 4.05. The normalized spacial score (nSPS) is 16.8. The minimum absolute atomic E-state index is 0.665. The predicted octanol–water partition coefficient (Wildman–Crippen LogP) is 3.56. The zero-order valence-electron chi connectivity index (χ0n) is 12.7. The Morgan fingerprint density at radius 1 is 1.32 bits per heavy atom. The van der Waals surface area contributed by atoms with E-state index >= 15 is 0 Å². The van der Waals surface area contributed by atoms with Gasteiger partial charge in [-0.3, -0.25) is 4.90 Å². The highest BCUT2D eigenvalue weighted by atomic mass is 15.1. The molecule has 2 nitrogen and oxygen atoms in total. The minimum atomic E-state index is 0.665. The molecule has 1 aromatic rings. The Balaban J connectivity index is 1.86. The Kier molecular flexibility index (Phi) is 5.41. The van der Waals surface area contributed by atoms with Crippen LogP contribution < -0.4 is 5.32 Å². The molecule has 0 saturated heterocycles. The summed E-state index contributed by atoms with van der Waals surface area (Å²) in [7, 11) is 2.23. The Hall–Kier alpha value is -0.860. The highest BCUT2D eigenvalue weighted by molar-refractivity contribution is 5.23. The SMILES string of the molecule is CCCC(C)N(C)Cc1cccc(CNC2CC2)c1. The van der Waals surface area contributed by atoms with Gasteiger partial charge in [0, 0.05) is 25.2 Å². The van der Waals surface area contributed by atoms with Gasteiger partial charge in [-0.1, -0.05) is 37.6 Å². The molecule has 0 amide bonds. The lowest BCUT2D eigenvalue weighted by Crippen LogP contribution is -2.28. The van der Waals surface area contributed by atoms with Gasteiger partial charge >= 0.3 is 0 Å². The van der Waals surface area contributed by atoms with Gasteiger partial charge in [-0.05, 0) is 44.4 Å². The second-order valence-electron chi connectivity index (χ2n) is 6.03. The quantitative estimate of drug-likeness (QED) is 0.769. The minimum Gasteiger partial charge on any atom is -0.310 e. The van der Waals surface area contributed by atoms with E-state index < -0.39 is 0 Å². The van der Waals surface area contributed by atoms with E-state index in [9.17, 15) is 0 Å². The van der Waals surface area contributed by atoms with Crippen LogP contribution in [0.25, 0.3) is 0 Å². The molecule has 0 radical (unpaired) electrons. The van der Waals surface area contributed by atoms with Crippen molar-refractivity contribution >= 4 is 0 Å². The van der Waals surface area contributed by atoms with Crippen molar-refractivity contribution in [3.8, 4) is 0 Å². The van der Waals surface area contributed by atoms with Crippen molar-refractivity contribution in [2.45, 2.75) is 64.7 Å². The van der Waals surface area contributed by atoms with E-state index in [0.717, 1.165) is 19.1 Å². The van der Waals surface area contributed by atoms with Crippen molar-refractivity contribution in [1.29, 1.82) is 0 Å². The van der Waals surface area contributed by atoms with Crippen LogP contribution in [0.5, 0.6) is 0 Å². The number of nitrogens with one attached hydrogen (secondary N) is 1. The average Bonchev–Trinajstić information content (AvgIpc) is 3.21. The summed E-state index contributed by atoms with van der Waals surface area (Å²) >= 11 is 0. The molecule has 0 aliphatic heterocycles. The number of hydrogen-bond donors (Lipinski definition) is 1. The molecule has 0 bridgehead atoms. The fourth-order valence-electron chi connectivity index (χ4n) is 2.47. The standard InChI is InChI=1S/C17H28N2/c1-4-6-14(2)19(3)13-16-8-5-7-15(11-16)12-18-17-9-10-17/h5,7-8,11,14,17-18H,4,6,9-10,12-13H2,1-3H3. The maximum Gasteiger partial charge on any atom is 0.0233 e. The van der Waals surface area contributed by atoms with E-state index in [2.05, 4.69) is 55.4 Å². The summed E-state index contributed by atoms with van der Waals surface area (Å²) in [6.45, 7) is 6.65. The molecule has 106 valence electrons. The number of benzene rings is 1. The molecule has 0 heterocycles. The highest BCUT2D eigenvalue weighted by Gasteiger charge is 2.19. The highest BCUT2D eigenvalue weighted by Crippen LogP contribution is 2.19. The van der Waals surface area contributed by atoms with Crippen molar-refractivity contribution in [2.75, 3.05) is 7.05 Å². The molecule has 1 fully saturated rings. The van der Waals surface area contributed by atoms with E-state index in [4.69, 9.17) is 0 Å². The molecule has 1 saturated carbocycles. The van der Waals surface area contributed by atoms with E-state index in [0.29, 0.717) is 6.04 Å². The summed E-state index contributed by atoms with van der Waals surface area (Å²) < 4.78 is 0. The van der Waals surface area contributed by atoms with Crippen LogP contribution in [0.2, 0.25) is 0 Å². The first-order valence-corrected chi connectivity index (χ1v) is 7.70. The largest absolute Gasteiger partial charge is 0.310 e. The molecule has 2 heteroatoms. The molecule has 1 unspecified atom stereocenters. The lowest BCUT2D eigenvalue weighted by Gasteiger charge is -2.24. The number of nitrogens with zero attached hydrogens (tertiary/aromatic N) is 1. The second kappa shape index (κ2) is 7.06. The summed E-state index contributed by atoms with van der Waals surface area (Å²) in [5.41, 5.74) is 2.85. The zero-order chi connectivity index (χ0) is 13.7. The van der Waals surface area contributed by atoms with Crippen LogP contribution in [0.1, 0.15) is 50.7 Å². The molecular formula is C17H28N2. The van der Waals surface area contributed by atoms with Gasteiger partial charge in [-0.25, -0.2) is 0 Å². The number of hydrogen-bond acceptors (Lipinski definition) is 2. The molecule has 1 N–H and O–H groups in total. The fourth-order valence-corrected chi connectivity index (χ4v) is 2.47. The first-order valence-electron chi connectivity index (χ1n) is 7.70. The Morgan fingerprint density at radius 3 is 2.74 bits per heavy atom. The van der Waals surface area contributed by atoms with E-state index in [-0.39, 0.29) is 0 Å². The summed E-state index contributed by atoms with van der Waals surface area (Å²) in [6, 6.07) is 10.5. The smallest absolute Gasteiger partial charge is 0.0233 e. The van der Waals surface area contributed by atoms with Gasteiger partial charge in [0.2, 0.25) is 0 Å². The van der Waals surface area contributed by atoms with Gasteiger partial charge in [0.15, 0.2) is 0 Å². The number of rotatable bonds is 8. The van der Waals surface area contributed by atoms with Gasteiger partial charge in [0.05, 0.1) is 0 Å². The molecule has 1 aliphatic carbocycles. The van der Waals surface area contributed by atoms with Crippen molar-refractivity contribution in [1.82, 2.24) is 10.2 Å². The maximum atomic E-state index is 3.58. The topological polar surface area (TPSA) is 15.3 Å². The lowest BCUT2D eigenvalue weighted by molar-refractivity contribution is 0.237. The predicted molar refractivity (Wildman–Crippen MR) is 82.1 cm³/mol. The molecule has 1 aromatic carbocycles. The van der Waals surface area contributed by atoms with Crippen LogP contribution in [0.3, 0.4) is 0 Å². The molecule has 1 aliphatic rings. The third kappa shape index (κ3) is 4.96. The summed E-state index contributed by atoms with van der Waals surface area (Å²) in [6.07, 6.45) is 5.25. The van der Waals surface area contributed by atoms with Crippen LogP contribution in [-0.2, 0) is 13.1 Å². The molecule has 1 atom stereocenters. The maximum absolute atomic E-state index is 3.58. The van der Waals surface area contributed by atoms with Crippen LogP contribution in [0.4, 0.5) is 0 Å². The van der Waals surface area contributed by atoms with Crippen molar-refractivity contribution in [3.05, 3.63) is 35.4 Å². The monoisotopic (exact) mass is 260 g/mol.